The van der Waals surface area contributed by atoms with Gasteiger partial charge in [0.15, 0.2) is 5.78 Å². The first-order valence-electron chi connectivity index (χ1n) is 7.85. The van der Waals surface area contributed by atoms with Crippen molar-refractivity contribution in [2.45, 2.75) is 12.3 Å². The Morgan fingerprint density at radius 1 is 1.19 bits per heavy atom. The highest BCUT2D eigenvalue weighted by Crippen LogP contribution is 2.31. The van der Waals surface area contributed by atoms with Crippen LogP contribution in [0.15, 0.2) is 55.2 Å². The molecular formula is C20H15F2NO3. The molecule has 0 aliphatic rings. The molecule has 0 saturated heterocycles. The van der Waals surface area contributed by atoms with Gasteiger partial charge < -0.3 is 9.67 Å². The first kappa shape index (κ1) is 17.5. The van der Waals surface area contributed by atoms with Crippen molar-refractivity contribution in [1.29, 1.82) is 0 Å². The van der Waals surface area contributed by atoms with E-state index in [-0.39, 0.29) is 5.56 Å². The fourth-order valence-electron chi connectivity index (χ4n) is 3.00. The lowest BCUT2D eigenvalue weighted by Gasteiger charge is -2.11. The van der Waals surface area contributed by atoms with Crippen LogP contribution in [0.25, 0.3) is 17.1 Å². The van der Waals surface area contributed by atoms with Crippen LogP contribution in [0, 0.1) is 11.6 Å². The van der Waals surface area contributed by atoms with Crippen molar-refractivity contribution in [3.63, 3.8) is 0 Å². The number of nitrogens with zero attached hydrogens (tertiary/aromatic N) is 1. The number of hydrogen-bond donors (Lipinski definition) is 1. The molecule has 1 unspecified atom stereocenters. The van der Waals surface area contributed by atoms with E-state index in [1.54, 1.807) is 35.0 Å². The first-order valence-corrected chi connectivity index (χ1v) is 7.85. The summed E-state index contributed by atoms with van der Waals surface area (Å²) >= 11 is 0. The molecule has 0 amide bonds. The number of rotatable bonds is 6. The number of halogens is 2. The van der Waals surface area contributed by atoms with E-state index in [0.29, 0.717) is 17.0 Å². The third kappa shape index (κ3) is 3.13. The quantitative estimate of drug-likeness (QED) is 0.664. The smallest absolute Gasteiger partial charge is 0.311 e. The molecule has 0 aliphatic heterocycles. The topological polar surface area (TPSA) is 59.3 Å². The summed E-state index contributed by atoms with van der Waals surface area (Å²) in [5, 5.41) is 10.3. The van der Waals surface area contributed by atoms with E-state index in [4.69, 9.17) is 0 Å². The van der Waals surface area contributed by atoms with Gasteiger partial charge in [0.2, 0.25) is 0 Å². The van der Waals surface area contributed by atoms with Crippen LogP contribution < -0.4 is 0 Å². The number of Topliss-reactive ketones (excluding diaryl/α,β-unsaturated/α-hetero) is 1. The predicted molar refractivity (Wildman–Crippen MR) is 94.0 cm³/mol. The van der Waals surface area contributed by atoms with E-state index in [1.165, 1.54) is 6.20 Å². The number of carbonyl (C=O) groups is 2. The van der Waals surface area contributed by atoms with Gasteiger partial charge in [-0.25, -0.2) is 8.78 Å². The van der Waals surface area contributed by atoms with Crippen molar-refractivity contribution in [1.82, 2.24) is 4.57 Å². The summed E-state index contributed by atoms with van der Waals surface area (Å²) in [6.07, 6.45) is 2.69. The molecule has 132 valence electrons. The molecule has 6 heteroatoms. The van der Waals surface area contributed by atoms with E-state index in [0.717, 1.165) is 17.6 Å². The van der Waals surface area contributed by atoms with Crippen LogP contribution in [0.4, 0.5) is 8.78 Å². The average Bonchev–Trinajstić information content (AvgIpc) is 2.97. The third-order valence-electron chi connectivity index (χ3n) is 4.26. The summed E-state index contributed by atoms with van der Waals surface area (Å²) in [5.74, 6) is -4.88. The van der Waals surface area contributed by atoms with E-state index in [2.05, 4.69) is 6.58 Å². The summed E-state index contributed by atoms with van der Waals surface area (Å²) in [4.78, 5) is 24.2. The molecular weight excluding hydrogens is 340 g/mol. The molecule has 0 saturated carbocycles. The Morgan fingerprint density at radius 3 is 2.58 bits per heavy atom. The molecule has 0 spiro atoms. The van der Waals surface area contributed by atoms with Gasteiger partial charge in [0.05, 0.1) is 17.0 Å². The Bertz CT molecular complexity index is 1020. The summed E-state index contributed by atoms with van der Waals surface area (Å²) < 4.78 is 28.5. The number of fused-ring (bicyclic) bond motifs is 1. The van der Waals surface area contributed by atoms with E-state index in [9.17, 15) is 23.5 Å². The zero-order valence-corrected chi connectivity index (χ0v) is 13.7. The van der Waals surface area contributed by atoms with Gasteiger partial charge in [-0.1, -0.05) is 24.8 Å². The zero-order valence-electron chi connectivity index (χ0n) is 13.7. The first-order chi connectivity index (χ1) is 12.4. The van der Waals surface area contributed by atoms with E-state index < -0.39 is 35.7 Å². The Hall–Kier alpha value is -3.28. The summed E-state index contributed by atoms with van der Waals surface area (Å²) in [6.45, 7) is 3.69. The molecule has 26 heavy (non-hydrogen) atoms. The van der Waals surface area contributed by atoms with Gasteiger partial charge in [-0.15, -0.1) is 0 Å². The molecule has 1 atom stereocenters. The zero-order chi connectivity index (χ0) is 18.8. The Kier molecular flexibility index (Phi) is 4.67. The van der Waals surface area contributed by atoms with Gasteiger partial charge in [0.1, 0.15) is 11.6 Å². The average molecular weight is 355 g/mol. The lowest BCUT2D eigenvalue weighted by molar-refractivity contribution is -0.138. The van der Waals surface area contributed by atoms with Crippen molar-refractivity contribution < 1.29 is 23.5 Å². The van der Waals surface area contributed by atoms with E-state index >= 15 is 0 Å². The van der Waals surface area contributed by atoms with Crippen LogP contribution in [0.5, 0.6) is 0 Å². The molecule has 1 heterocycles. The monoisotopic (exact) mass is 355 g/mol. The number of para-hydroxylation sites is 1. The van der Waals surface area contributed by atoms with Crippen molar-refractivity contribution in [3.05, 3.63) is 78.0 Å². The molecule has 0 fully saturated rings. The molecule has 1 aromatic heterocycles. The van der Waals surface area contributed by atoms with Crippen LogP contribution in [0.1, 0.15) is 28.3 Å². The number of carboxylic acids is 1. The van der Waals surface area contributed by atoms with Gasteiger partial charge in [0, 0.05) is 30.3 Å². The lowest BCUT2D eigenvalue weighted by Crippen LogP contribution is -2.17. The minimum atomic E-state index is -1.20. The van der Waals surface area contributed by atoms with Crippen LogP contribution in [-0.2, 0) is 4.79 Å². The number of carboxylic acid groups (broad SMARTS) is 1. The number of carbonyl (C=O) groups excluding carboxylic acids is 1. The number of aromatic nitrogens is 1. The summed E-state index contributed by atoms with van der Waals surface area (Å²) in [5.41, 5.74) is 0.859. The van der Waals surface area contributed by atoms with Gasteiger partial charge in [-0.2, -0.15) is 0 Å². The summed E-state index contributed by atoms with van der Waals surface area (Å²) in [7, 11) is 0. The van der Waals surface area contributed by atoms with Crippen LogP contribution >= 0.6 is 0 Å². The molecule has 0 aliphatic carbocycles. The van der Waals surface area contributed by atoms with Crippen molar-refractivity contribution in [3.8, 4) is 0 Å². The standard InChI is InChI=1S/C20H15F2NO3/c1-2-23-11-16(13-5-3-4-6-18(13)23)15(20(25)26)10-19(24)14-8-7-12(21)9-17(14)22/h2-9,11,15H,1,10H2,(H,25,26). The molecule has 2 aromatic carbocycles. The minimum Gasteiger partial charge on any atom is -0.481 e. The maximum absolute atomic E-state index is 13.8. The molecule has 3 aromatic rings. The van der Waals surface area contributed by atoms with Gasteiger partial charge in [-0.05, 0) is 23.8 Å². The normalized spacial score (nSPS) is 12.1. The molecule has 3 rings (SSSR count). The molecule has 0 radical (unpaired) electrons. The minimum absolute atomic E-state index is 0.329. The third-order valence-corrected chi connectivity index (χ3v) is 4.26. The summed E-state index contributed by atoms with van der Waals surface area (Å²) in [6, 6.07) is 9.73. The highest BCUT2D eigenvalue weighted by molar-refractivity contribution is 6.01. The van der Waals surface area contributed by atoms with Crippen LogP contribution in [0.2, 0.25) is 0 Å². The van der Waals surface area contributed by atoms with Crippen LogP contribution in [-0.4, -0.2) is 21.4 Å². The predicted octanol–water partition coefficient (Wildman–Crippen LogP) is 4.46. The molecule has 1 N–H and O–H groups in total. The SMILES string of the molecule is C=Cn1cc(C(CC(=O)c2ccc(F)cc2F)C(=O)O)c2ccccc21. The fourth-order valence-corrected chi connectivity index (χ4v) is 3.00. The van der Waals surface area contributed by atoms with Crippen molar-refractivity contribution >= 4 is 28.9 Å². The molecule has 4 nitrogen and oxygen atoms in total. The van der Waals surface area contributed by atoms with Crippen molar-refractivity contribution in [2.24, 2.45) is 0 Å². The highest BCUT2D eigenvalue weighted by atomic mass is 19.1. The Morgan fingerprint density at radius 2 is 1.92 bits per heavy atom. The fraction of sp³-hybridized carbons (Fsp3) is 0.100. The van der Waals surface area contributed by atoms with Gasteiger partial charge in [0.25, 0.3) is 0 Å². The number of hydrogen-bond acceptors (Lipinski definition) is 2. The largest absolute Gasteiger partial charge is 0.481 e. The second-order valence-corrected chi connectivity index (χ2v) is 5.83. The van der Waals surface area contributed by atoms with Crippen molar-refractivity contribution in [2.75, 3.05) is 0 Å². The second-order valence-electron chi connectivity index (χ2n) is 5.83. The number of benzene rings is 2. The number of aliphatic carboxylic acids is 1. The van der Waals surface area contributed by atoms with E-state index in [1.807, 2.05) is 0 Å². The second kappa shape index (κ2) is 6.92. The molecule has 0 bridgehead atoms. The maximum atomic E-state index is 13.8. The number of ketones is 1. The van der Waals surface area contributed by atoms with Crippen LogP contribution in [0.3, 0.4) is 0 Å². The lowest BCUT2D eigenvalue weighted by atomic mass is 9.91. The Balaban J connectivity index is 2.02. The van der Waals surface area contributed by atoms with Gasteiger partial charge >= 0.3 is 5.97 Å². The van der Waals surface area contributed by atoms with Gasteiger partial charge in [-0.3, -0.25) is 9.59 Å². The highest BCUT2D eigenvalue weighted by Gasteiger charge is 2.28. The Labute approximate surface area is 148 Å². The maximum Gasteiger partial charge on any atom is 0.311 e.